The Labute approximate surface area is 192 Å². The van der Waals surface area contributed by atoms with Gasteiger partial charge in [-0.1, -0.05) is 24.3 Å². The van der Waals surface area contributed by atoms with Gasteiger partial charge in [-0.25, -0.2) is 4.98 Å². The van der Waals surface area contributed by atoms with Gasteiger partial charge in [-0.2, -0.15) is 9.78 Å². The number of nitrogens with zero attached hydrogens (tertiary/aromatic N) is 3. The van der Waals surface area contributed by atoms with Crippen LogP contribution in [0.15, 0.2) is 60.7 Å². The summed E-state index contributed by atoms with van der Waals surface area (Å²) in [4.78, 5) is 17.4. The SMILES string of the molecule is CCOc1ccc(/C=C/C(=O)Nc2cc(C)nn2-c2cc(C)c3ccccc3n2)cc1OC. The maximum atomic E-state index is 12.7. The third kappa shape index (κ3) is 4.87. The van der Waals surface area contributed by atoms with E-state index >= 15 is 0 Å². The molecule has 4 rings (SSSR count). The van der Waals surface area contributed by atoms with E-state index in [1.165, 1.54) is 6.08 Å². The number of fused-ring (bicyclic) bond motifs is 1. The van der Waals surface area contributed by atoms with Gasteiger partial charge in [0.05, 0.1) is 24.9 Å². The van der Waals surface area contributed by atoms with Crippen LogP contribution in [0, 0.1) is 13.8 Å². The van der Waals surface area contributed by atoms with Gasteiger partial charge in [0.2, 0.25) is 5.91 Å². The molecular formula is C26H26N4O3. The van der Waals surface area contributed by atoms with Gasteiger partial charge in [0, 0.05) is 17.5 Å². The summed E-state index contributed by atoms with van der Waals surface area (Å²) in [6, 6.07) is 17.3. The van der Waals surface area contributed by atoms with Gasteiger partial charge in [-0.3, -0.25) is 4.79 Å². The summed E-state index contributed by atoms with van der Waals surface area (Å²) in [5, 5.41) is 8.53. The fraction of sp³-hybridized carbons (Fsp3) is 0.192. The number of para-hydroxylation sites is 1. The monoisotopic (exact) mass is 442 g/mol. The molecule has 0 radical (unpaired) electrons. The Hall–Kier alpha value is -4.13. The molecule has 2 heterocycles. The van der Waals surface area contributed by atoms with E-state index < -0.39 is 0 Å². The van der Waals surface area contributed by atoms with Crippen LogP contribution in [0.5, 0.6) is 11.5 Å². The predicted octanol–water partition coefficient (Wildman–Crippen LogP) is 5.10. The molecule has 168 valence electrons. The van der Waals surface area contributed by atoms with Crippen molar-refractivity contribution < 1.29 is 14.3 Å². The molecular weight excluding hydrogens is 416 g/mol. The Bertz CT molecular complexity index is 1340. The van der Waals surface area contributed by atoms with Crippen molar-refractivity contribution in [3.05, 3.63) is 77.5 Å². The number of aryl methyl sites for hydroxylation is 2. The first kappa shape index (κ1) is 22.1. The summed E-state index contributed by atoms with van der Waals surface area (Å²) in [7, 11) is 1.59. The summed E-state index contributed by atoms with van der Waals surface area (Å²) in [5.74, 6) is 2.20. The number of hydrogen-bond acceptors (Lipinski definition) is 5. The van der Waals surface area contributed by atoms with Crippen molar-refractivity contribution in [3.63, 3.8) is 0 Å². The lowest BCUT2D eigenvalue weighted by Crippen LogP contribution is -2.13. The maximum absolute atomic E-state index is 12.7. The molecule has 1 N–H and O–H groups in total. The second kappa shape index (κ2) is 9.56. The molecule has 33 heavy (non-hydrogen) atoms. The first-order valence-electron chi connectivity index (χ1n) is 10.7. The Morgan fingerprint density at radius 2 is 1.91 bits per heavy atom. The van der Waals surface area contributed by atoms with E-state index in [-0.39, 0.29) is 5.91 Å². The first-order valence-corrected chi connectivity index (χ1v) is 10.7. The van der Waals surface area contributed by atoms with Gasteiger partial charge in [-0.05, 0) is 62.2 Å². The number of ether oxygens (including phenoxy) is 2. The van der Waals surface area contributed by atoms with E-state index in [9.17, 15) is 4.79 Å². The number of nitrogens with one attached hydrogen (secondary N) is 1. The largest absolute Gasteiger partial charge is 0.493 e. The number of carbonyl (C=O) groups is 1. The Balaban J connectivity index is 1.57. The van der Waals surface area contributed by atoms with Crippen molar-refractivity contribution in [3.8, 4) is 17.3 Å². The van der Waals surface area contributed by atoms with Crippen LogP contribution < -0.4 is 14.8 Å². The van der Waals surface area contributed by atoms with E-state index in [0.29, 0.717) is 29.7 Å². The molecule has 0 unspecified atom stereocenters. The molecule has 7 heteroatoms. The van der Waals surface area contributed by atoms with Crippen LogP contribution in [0.25, 0.3) is 22.8 Å². The van der Waals surface area contributed by atoms with Crippen molar-refractivity contribution in [1.29, 1.82) is 0 Å². The van der Waals surface area contributed by atoms with Gasteiger partial charge < -0.3 is 14.8 Å². The highest BCUT2D eigenvalue weighted by Gasteiger charge is 2.13. The maximum Gasteiger partial charge on any atom is 0.249 e. The van der Waals surface area contributed by atoms with Crippen molar-refractivity contribution in [2.45, 2.75) is 20.8 Å². The van der Waals surface area contributed by atoms with E-state index in [4.69, 9.17) is 14.5 Å². The Morgan fingerprint density at radius 3 is 2.70 bits per heavy atom. The number of benzene rings is 2. The minimum atomic E-state index is -0.276. The number of aromatic nitrogens is 3. The molecule has 2 aromatic carbocycles. The van der Waals surface area contributed by atoms with E-state index in [1.54, 1.807) is 17.9 Å². The van der Waals surface area contributed by atoms with Gasteiger partial charge in [-0.15, -0.1) is 0 Å². The molecule has 4 aromatic rings. The van der Waals surface area contributed by atoms with Gasteiger partial charge in [0.1, 0.15) is 5.82 Å². The summed E-state index contributed by atoms with van der Waals surface area (Å²) in [6.45, 7) is 6.38. The highest BCUT2D eigenvalue weighted by molar-refractivity contribution is 6.01. The third-order valence-electron chi connectivity index (χ3n) is 5.12. The molecule has 0 fully saturated rings. The zero-order chi connectivity index (χ0) is 23.4. The average molecular weight is 443 g/mol. The lowest BCUT2D eigenvalue weighted by molar-refractivity contribution is -0.111. The molecule has 2 aromatic heterocycles. The van der Waals surface area contributed by atoms with Crippen LogP contribution >= 0.6 is 0 Å². The number of pyridine rings is 1. The average Bonchev–Trinajstić information content (AvgIpc) is 3.18. The molecule has 0 aliphatic carbocycles. The molecule has 0 saturated carbocycles. The topological polar surface area (TPSA) is 78.3 Å². The normalized spacial score (nSPS) is 11.2. The number of carbonyl (C=O) groups excluding carboxylic acids is 1. The number of hydrogen-bond donors (Lipinski definition) is 1. The summed E-state index contributed by atoms with van der Waals surface area (Å²) in [5.41, 5.74) is 3.56. The van der Waals surface area contributed by atoms with Gasteiger partial charge in [0.15, 0.2) is 17.3 Å². The minimum Gasteiger partial charge on any atom is -0.493 e. The fourth-order valence-corrected chi connectivity index (χ4v) is 3.61. The van der Waals surface area contributed by atoms with E-state index in [1.807, 2.05) is 75.4 Å². The lowest BCUT2D eigenvalue weighted by atomic mass is 10.1. The quantitative estimate of drug-likeness (QED) is 0.403. The highest BCUT2D eigenvalue weighted by atomic mass is 16.5. The second-order valence-corrected chi connectivity index (χ2v) is 7.56. The molecule has 0 aliphatic rings. The van der Waals surface area contributed by atoms with Crippen LogP contribution in [0.1, 0.15) is 23.7 Å². The smallest absolute Gasteiger partial charge is 0.249 e. The van der Waals surface area contributed by atoms with Crippen LogP contribution in [-0.2, 0) is 4.79 Å². The van der Waals surface area contributed by atoms with Crippen molar-refractivity contribution in [2.75, 3.05) is 19.0 Å². The number of anilines is 1. The zero-order valence-electron chi connectivity index (χ0n) is 19.1. The van der Waals surface area contributed by atoms with Crippen LogP contribution in [-0.4, -0.2) is 34.4 Å². The van der Waals surface area contributed by atoms with Gasteiger partial charge in [0.25, 0.3) is 0 Å². The Morgan fingerprint density at radius 1 is 1.09 bits per heavy atom. The minimum absolute atomic E-state index is 0.276. The Kier molecular flexibility index (Phi) is 6.40. The lowest BCUT2D eigenvalue weighted by Gasteiger charge is -2.10. The molecule has 7 nitrogen and oxygen atoms in total. The standard InChI is InChI=1S/C26H26N4O3/c1-5-33-22-12-10-19(16-23(22)32-4)11-13-26(31)28-25-15-18(3)29-30(25)24-14-17(2)20-8-6-7-9-21(20)27-24/h6-16H,5H2,1-4H3,(H,28,31)/b13-11+. The van der Waals surface area contributed by atoms with Crippen molar-refractivity contribution in [2.24, 2.45) is 0 Å². The summed E-state index contributed by atoms with van der Waals surface area (Å²) >= 11 is 0. The van der Waals surface area contributed by atoms with E-state index in [2.05, 4.69) is 10.4 Å². The molecule has 0 saturated heterocycles. The first-order chi connectivity index (χ1) is 16.0. The third-order valence-corrected chi connectivity index (χ3v) is 5.12. The zero-order valence-corrected chi connectivity index (χ0v) is 19.1. The van der Waals surface area contributed by atoms with Crippen LogP contribution in [0.2, 0.25) is 0 Å². The molecule has 0 bridgehead atoms. The van der Waals surface area contributed by atoms with Gasteiger partial charge >= 0.3 is 0 Å². The van der Waals surface area contributed by atoms with Crippen molar-refractivity contribution >= 4 is 28.7 Å². The highest BCUT2D eigenvalue weighted by Crippen LogP contribution is 2.28. The second-order valence-electron chi connectivity index (χ2n) is 7.56. The van der Waals surface area contributed by atoms with Crippen molar-refractivity contribution in [1.82, 2.24) is 14.8 Å². The number of amides is 1. The molecule has 0 aliphatic heterocycles. The molecule has 0 atom stereocenters. The van der Waals surface area contributed by atoms with Crippen LogP contribution in [0.4, 0.5) is 5.82 Å². The molecule has 0 spiro atoms. The molecule has 1 amide bonds. The predicted molar refractivity (Wildman–Crippen MR) is 130 cm³/mol. The summed E-state index contributed by atoms with van der Waals surface area (Å²) in [6.07, 6.45) is 3.19. The summed E-state index contributed by atoms with van der Waals surface area (Å²) < 4.78 is 12.6. The number of methoxy groups -OCH3 is 1. The fourth-order valence-electron chi connectivity index (χ4n) is 3.61. The number of rotatable bonds is 7. The van der Waals surface area contributed by atoms with Crippen LogP contribution in [0.3, 0.4) is 0 Å². The van der Waals surface area contributed by atoms with E-state index in [0.717, 1.165) is 27.7 Å².